The Labute approximate surface area is 184 Å². The van der Waals surface area contributed by atoms with Crippen molar-refractivity contribution in [3.8, 4) is 0 Å². The van der Waals surface area contributed by atoms with Crippen LogP contribution < -0.4 is 0 Å². The van der Waals surface area contributed by atoms with Gasteiger partial charge in [0, 0.05) is 21.4 Å². The van der Waals surface area contributed by atoms with Gasteiger partial charge in [0.05, 0.1) is 4.91 Å². The number of amides is 2. The number of imide groups is 1. The van der Waals surface area contributed by atoms with Crippen LogP contribution >= 0.6 is 35.1 Å². The molecule has 0 atom stereocenters. The summed E-state index contributed by atoms with van der Waals surface area (Å²) in [6.07, 6.45) is 7.74. The third-order valence-electron chi connectivity index (χ3n) is 5.27. The Morgan fingerprint density at radius 3 is 2.24 bits per heavy atom. The molecule has 1 heterocycles. The molecule has 150 valence electrons. The highest BCUT2D eigenvalue weighted by atomic mass is 35.5. The molecular weight excluding hydrogens is 422 g/mol. The molecule has 1 saturated carbocycles. The van der Waals surface area contributed by atoms with Gasteiger partial charge in [-0.05, 0) is 78.6 Å². The van der Waals surface area contributed by atoms with Gasteiger partial charge in [-0.3, -0.25) is 14.5 Å². The van der Waals surface area contributed by atoms with Crippen LogP contribution in [-0.2, 0) is 4.79 Å². The maximum atomic E-state index is 12.7. The molecule has 2 fully saturated rings. The first-order valence-electron chi connectivity index (χ1n) is 9.87. The van der Waals surface area contributed by atoms with Gasteiger partial charge in [-0.25, -0.2) is 0 Å². The third kappa shape index (κ3) is 5.27. The van der Waals surface area contributed by atoms with Gasteiger partial charge in [0.25, 0.3) is 11.1 Å². The van der Waals surface area contributed by atoms with Crippen molar-refractivity contribution in [1.82, 2.24) is 4.90 Å². The summed E-state index contributed by atoms with van der Waals surface area (Å²) in [5, 5.41) is 0.587. The molecule has 1 aliphatic carbocycles. The third-order valence-corrected chi connectivity index (χ3v) is 7.44. The second-order valence-electron chi connectivity index (χ2n) is 7.42. The Kier molecular flexibility index (Phi) is 6.68. The molecule has 3 nitrogen and oxygen atoms in total. The van der Waals surface area contributed by atoms with Crippen LogP contribution in [0.25, 0.3) is 6.08 Å². The molecule has 2 aliphatic rings. The van der Waals surface area contributed by atoms with E-state index in [4.69, 9.17) is 11.6 Å². The van der Waals surface area contributed by atoms with Gasteiger partial charge in [-0.15, -0.1) is 0 Å². The summed E-state index contributed by atoms with van der Waals surface area (Å²) in [6.45, 7) is 0.568. The molecule has 4 rings (SSSR count). The molecule has 29 heavy (non-hydrogen) atoms. The highest BCUT2D eigenvalue weighted by molar-refractivity contribution is 8.18. The molecular formula is C23H22ClNO2S2. The highest BCUT2D eigenvalue weighted by Gasteiger charge is 2.36. The lowest BCUT2D eigenvalue weighted by atomic mass is 9.89. The van der Waals surface area contributed by atoms with Crippen molar-refractivity contribution < 1.29 is 9.59 Å². The predicted octanol–water partition coefficient (Wildman–Crippen LogP) is 7.11. The number of halogens is 1. The Hall–Kier alpha value is -1.69. The van der Waals surface area contributed by atoms with E-state index in [-0.39, 0.29) is 11.1 Å². The lowest BCUT2D eigenvalue weighted by Crippen LogP contribution is -2.34. The molecule has 6 heteroatoms. The SMILES string of the molecule is O=C1S/C(=C/c2ccc(Sc3ccc(Cl)cc3)cc2)C(=O)N1CC1CCCCC1. The minimum absolute atomic E-state index is 0.137. The van der Waals surface area contributed by atoms with E-state index in [0.717, 1.165) is 45.0 Å². The van der Waals surface area contributed by atoms with Crippen molar-refractivity contribution in [2.75, 3.05) is 6.54 Å². The summed E-state index contributed by atoms with van der Waals surface area (Å²) in [6, 6.07) is 15.7. The molecule has 2 aromatic carbocycles. The molecule has 0 spiro atoms. The van der Waals surface area contributed by atoms with E-state index in [1.807, 2.05) is 54.6 Å². The van der Waals surface area contributed by atoms with Crippen molar-refractivity contribution in [3.63, 3.8) is 0 Å². The van der Waals surface area contributed by atoms with Crippen molar-refractivity contribution >= 4 is 52.3 Å². The number of carbonyl (C=O) groups is 2. The maximum Gasteiger partial charge on any atom is 0.293 e. The minimum atomic E-state index is -0.148. The van der Waals surface area contributed by atoms with Gasteiger partial charge in [-0.1, -0.05) is 54.8 Å². The largest absolute Gasteiger partial charge is 0.293 e. The molecule has 1 saturated heterocycles. The molecule has 0 bridgehead atoms. The zero-order chi connectivity index (χ0) is 20.2. The lowest BCUT2D eigenvalue weighted by molar-refractivity contribution is -0.123. The summed E-state index contributed by atoms with van der Waals surface area (Å²) in [4.78, 5) is 29.3. The van der Waals surface area contributed by atoms with E-state index in [0.29, 0.717) is 17.4 Å². The topological polar surface area (TPSA) is 37.4 Å². The summed E-state index contributed by atoms with van der Waals surface area (Å²) in [7, 11) is 0. The average Bonchev–Trinajstić information content (AvgIpc) is 2.99. The van der Waals surface area contributed by atoms with E-state index in [1.54, 1.807) is 11.8 Å². The number of nitrogens with zero attached hydrogens (tertiary/aromatic N) is 1. The number of hydrogen-bond acceptors (Lipinski definition) is 4. The van der Waals surface area contributed by atoms with Crippen LogP contribution in [0.2, 0.25) is 5.02 Å². The summed E-state index contributed by atoms with van der Waals surface area (Å²) in [5.74, 6) is 0.311. The number of thioether (sulfide) groups is 1. The first-order valence-corrected chi connectivity index (χ1v) is 11.9. The van der Waals surface area contributed by atoms with Gasteiger partial charge in [0.15, 0.2) is 0 Å². The van der Waals surface area contributed by atoms with Gasteiger partial charge in [-0.2, -0.15) is 0 Å². The van der Waals surface area contributed by atoms with Gasteiger partial charge in [0.1, 0.15) is 0 Å². The maximum absolute atomic E-state index is 12.7. The van der Waals surface area contributed by atoms with Crippen LogP contribution in [0.15, 0.2) is 63.2 Å². The number of hydrogen-bond donors (Lipinski definition) is 0. The lowest BCUT2D eigenvalue weighted by Gasteiger charge is -2.25. The Bertz CT molecular complexity index is 919. The first kappa shape index (κ1) is 20.6. The van der Waals surface area contributed by atoms with Crippen molar-refractivity contribution in [2.45, 2.75) is 41.9 Å². The normalized spacial score (nSPS) is 19.3. The second-order valence-corrected chi connectivity index (χ2v) is 10.00. The standard InChI is InChI=1S/C23H22ClNO2S2/c24-18-8-12-20(13-9-18)28-19-10-6-16(7-11-19)14-21-22(26)25(23(27)29-21)15-17-4-2-1-3-5-17/h6-14,17H,1-5,15H2/b21-14+. The number of carbonyl (C=O) groups excluding carboxylic acids is 2. The molecule has 0 radical (unpaired) electrons. The monoisotopic (exact) mass is 443 g/mol. The van der Waals surface area contributed by atoms with Gasteiger partial charge >= 0.3 is 0 Å². The van der Waals surface area contributed by atoms with Crippen LogP contribution in [0.1, 0.15) is 37.7 Å². The van der Waals surface area contributed by atoms with E-state index >= 15 is 0 Å². The van der Waals surface area contributed by atoms with Crippen molar-refractivity contribution in [1.29, 1.82) is 0 Å². The molecule has 0 N–H and O–H groups in total. The quantitative estimate of drug-likeness (QED) is 0.461. The molecule has 2 aromatic rings. The first-order chi connectivity index (χ1) is 14.1. The fourth-order valence-electron chi connectivity index (χ4n) is 3.71. The minimum Gasteiger partial charge on any atom is -0.268 e. The van der Waals surface area contributed by atoms with Crippen LogP contribution in [0.5, 0.6) is 0 Å². The Morgan fingerprint density at radius 1 is 0.966 bits per heavy atom. The average molecular weight is 444 g/mol. The van der Waals surface area contributed by atoms with E-state index in [9.17, 15) is 9.59 Å². The Morgan fingerprint density at radius 2 is 1.59 bits per heavy atom. The molecule has 1 aliphatic heterocycles. The van der Waals surface area contributed by atoms with E-state index in [2.05, 4.69) is 0 Å². The zero-order valence-corrected chi connectivity index (χ0v) is 18.4. The Balaban J connectivity index is 1.41. The fraction of sp³-hybridized carbons (Fsp3) is 0.304. The van der Waals surface area contributed by atoms with E-state index in [1.165, 1.54) is 24.2 Å². The van der Waals surface area contributed by atoms with Crippen LogP contribution in [0.4, 0.5) is 4.79 Å². The highest BCUT2D eigenvalue weighted by Crippen LogP contribution is 2.35. The summed E-state index contributed by atoms with van der Waals surface area (Å²) >= 11 is 8.64. The van der Waals surface area contributed by atoms with Crippen molar-refractivity contribution in [3.05, 3.63) is 64.0 Å². The molecule has 2 amide bonds. The zero-order valence-electron chi connectivity index (χ0n) is 16.0. The molecule has 0 aromatic heterocycles. The number of rotatable bonds is 5. The fourth-order valence-corrected chi connectivity index (χ4v) is 5.50. The predicted molar refractivity (Wildman–Crippen MR) is 121 cm³/mol. The van der Waals surface area contributed by atoms with Crippen LogP contribution in [0.3, 0.4) is 0 Å². The van der Waals surface area contributed by atoms with Crippen molar-refractivity contribution in [2.24, 2.45) is 5.92 Å². The van der Waals surface area contributed by atoms with Crippen LogP contribution in [0, 0.1) is 5.92 Å². The van der Waals surface area contributed by atoms with Gasteiger partial charge < -0.3 is 0 Å². The number of benzene rings is 2. The second kappa shape index (κ2) is 9.41. The molecule has 0 unspecified atom stereocenters. The van der Waals surface area contributed by atoms with Gasteiger partial charge in [0.2, 0.25) is 0 Å². The van der Waals surface area contributed by atoms with Crippen LogP contribution in [-0.4, -0.2) is 22.6 Å². The smallest absolute Gasteiger partial charge is 0.268 e. The summed E-state index contributed by atoms with van der Waals surface area (Å²) < 4.78 is 0. The van der Waals surface area contributed by atoms with E-state index < -0.39 is 0 Å². The summed E-state index contributed by atoms with van der Waals surface area (Å²) in [5.41, 5.74) is 0.925.